The normalized spacial score (nSPS) is 13.8. The average Bonchev–Trinajstić information content (AvgIpc) is 2.89. The Morgan fingerprint density at radius 1 is 1.09 bits per heavy atom. The van der Waals surface area contributed by atoms with Gasteiger partial charge in [-0.15, -0.1) is 0 Å². The molecule has 0 spiro atoms. The van der Waals surface area contributed by atoms with Crippen molar-refractivity contribution in [3.05, 3.63) is 53.1 Å². The van der Waals surface area contributed by atoms with Crippen molar-refractivity contribution in [3.63, 3.8) is 0 Å². The fourth-order valence-corrected chi connectivity index (χ4v) is 5.24. The van der Waals surface area contributed by atoms with Gasteiger partial charge in [0, 0.05) is 5.56 Å². The number of aromatic carboxylic acids is 1. The van der Waals surface area contributed by atoms with Gasteiger partial charge in [0.15, 0.2) is 0 Å². The van der Waals surface area contributed by atoms with E-state index in [1.165, 1.54) is 6.42 Å². The minimum atomic E-state index is -0.902. The summed E-state index contributed by atoms with van der Waals surface area (Å²) in [6.45, 7) is 2.51. The first-order valence-electron chi connectivity index (χ1n) is 13.0. The summed E-state index contributed by atoms with van der Waals surface area (Å²) < 4.78 is 6.23. The molecule has 0 aliphatic heterocycles. The standard InChI is InChI=1S/C30H36N2O3/c1-2-3-6-17-25-28(23-13-7-4-8-14-23)26(30(33)34)19-27(29(25)24-15-9-5-10-16-24)35-18-11-12-22(20-31)21-32/h5,9-10,15-16,19,22-23H,2-4,6-8,11-14,17-18H2,1H3,(H,33,34). The van der Waals surface area contributed by atoms with Crippen molar-refractivity contribution < 1.29 is 14.6 Å². The van der Waals surface area contributed by atoms with Crippen molar-refractivity contribution in [3.8, 4) is 29.0 Å². The number of hydrogen-bond acceptors (Lipinski definition) is 4. The van der Waals surface area contributed by atoms with Crippen LogP contribution >= 0.6 is 0 Å². The number of benzene rings is 2. The van der Waals surface area contributed by atoms with Gasteiger partial charge in [-0.25, -0.2) is 4.79 Å². The molecule has 0 amide bonds. The van der Waals surface area contributed by atoms with Crippen molar-refractivity contribution in [1.82, 2.24) is 0 Å². The molecule has 1 aliphatic carbocycles. The van der Waals surface area contributed by atoms with E-state index in [2.05, 4.69) is 19.1 Å². The van der Waals surface area contributed by atoms with E-state index < -0.39 is 11.9 Å². The van der Waals surface area contributed by atoms with Crippen molar-refractivity contribution in [1.29, 1.82) is 10.5 Å². The second-order valence-electron chi connectivity index (χ2n) is 9.45. The van der Waals surface area contributed by atoms with Crippen LogP contribution in [0.15, 0.2) is 36.4 Å². The maximum Gasteiger partial charge on any atom is 0.336 e. The number of nitrogens with zero attached hydrogens (tertiary/aromatic N) is 2. The summed E-state index contributed by atoms with van der Waals surface area (Å²) in [5.41, 5.74) is 4.54. The van der Waals surface area contributed by atoms with Crippen LogP contribution in [0, 0.1) is 28.6 Å². The molecular weight excluding hydrogens is 436 g/mol. The van der Waals surface area contributed by atoms with Crippen LogP contribution in [0.1, 0.15) is 98.5 Å². The summed E-state index contributed by atoms with van der Waals surface area (Å²) >= 11 is 0. The lowest BCUT2D eigenvalue weighted by Crippen LogP contribution is -2.16. The average molecular weight is 473 g/mol. The Morgan fingerprint density at radius 3 is 2.43 bits per heavy atom. The third kappa shape index (κ3) is 6.86. The van der Waals surface area contributed by atoms with Crippen LogP contribution in [0.25, 0.3) is 11.1 Å². The zero-order valence-corrected chi connectivity index (χ0v) is 20.8. The molecule has 1 saturated carbocycles. The first kappa shape index (κ1) is 26.3. The van der Waals surface area contributed by atoms with Gasteiger partial charge in [-0.3, -0.25) is 0 Å². The molecular formula is C30H36N2O3. The lowest BCUT2D eigenvalue weighted by molar-refractivity contribution is 0.0694. The zero-order chi connectivity index (χ0) is 25.0. The van der Waals surface area contributed by atoms with E-state index >= 15 is 0 Å². The maximum absolute atomic E-state index is 12.5. The Kier molecular flexibility index (Phi) is 10.2. The molecule has 0 unspecified atom stereocenters. The lowest BCUT2D eigenvalue weighted by Gasteiger charge is -2.29. The Labute approximate surface area is 209 Å². The second kappa shape index (κ2) is 13.5. The van der Waals surface area contributed by atoms with E-state index in [0.717, 1.165) is 73.6 Å². The number of carboxylic acids is 1. The minimum absolute atomic E-state index is 0.259. The van der Waals surface area contributed by atoms with Gasteiger partial charge >= 0.3 is 5.97 Å². The van der Waals surface area contributed by atoms with Gasteiger partial charge in [0.25, 0.3) is 0 Å². The van der Waals surface area contributed by atoms with Crippen molar-refractivity contribution >= 4 is 5.97 Å². The van der Waals surface area contributed by atoms with Gasteiger partial charge in [-0.2, -0.15) is 10.5 Å². The van der Waals surface area contributed by atoms with Crippen molar-refractivity contribution in [2.75, 3.05) is 6.61 Å². The van der Waals surface area contributed by atoms with E-state index in [9.17, 15) is 9.90 Å². The molecule has 3 rings (SSSR count). The molecule has 5 heteroatoms. The van der Waals surface area contributed by atoms with E-state index in [4.69, 9.17) is 15.3 Å². The van der Waals surface area contributed by atoms with Crippen molar-refractivity contribution in [2.45, 2.75) is 83.5 Å². The highest BCUT2D eigenvalue weighted by Crippen LogP contribution is 2.45. The third-order valence-electron chi connectivity index (χ3n) is 6.98. The monoisotopic (exact) mass is 472 g/mol. The zero-order valence-electron chi connectivity index (χ0n) is 20.8. The summed E-state index contributed by atoms with van der Waals surface area (Å²) in [5.74, 6) is -0.707. The molecule has 0 radical (unpaired) electrons. The fourth-order valence-electron chi connectivity index (χ4n) is 5.24. The highest BCUT2D eigenvalue weighted by molar-refractivity contribution is 5.93. The van der Waals surface area contributed by atoms with Gasteiger partial charge in [0.2, 0.25) is 0 Å². The topological polar surface area (TPSA) is 94.1 Å². The summed E-state index contributed by atoms with van der Waals surface area (Å²) in [7, 11) is 0. The molecule has 0 atom stereocenters. The summed E-state index contributed by atoms with van der Waals surface area (Å²) in [5, 5.41) is 28.4. The Balaban J connectivity index is 2.11. The van der Waals surface area contributed by atoms with Gasteiger partial charge in [-0.05, 0) is 67.2 Å². The minimum Gasteiger partial charge on any atom is -0.493 e. The SMILES string of the molecule is CCCCCc1c(-c2ccccc2)c(OCCCC(C#N)C#N)cc(C(=O)O)c1C1CCCCC1. The van der Waals surface area contributed by atoms with Gasteiger partial charge in [0.1, 0.15) is 11.7 Å². The molecule has 2 aromatic rings. The molecule has 35 heavy (non-hydrogen) atoms. The van der Waals surface area contributed by atoms with Crippen LogP contribution in [0.3, 0.4) is 0 Å². The van der Waals surface area contributed by atoms with Crippen LogP contribution < -0.4 is 4.74 Å². The Hall–Kier alpha value is -3.31. The Morgan fingerprint density at radius 2 is 1.80 bits per heavy atom. The molecule has 1 fully saturated rings. The highest BCUT2D eigenvalue weighted by Gasteiger charge is 2.29. The smallest absolute Gasteiger partial charge is 0.336 e. The number of nitriles is 2. The molecule has 1 aliphatic rings. The van der Waals surface area contributed by atoms with Crippen LogP contribution in [0.4, 0.5) is 0 Å². The van der Waals surface area contributed by atoms with E-state index in [0.29, 0.717) is 30.8 Å². The molecule has 0 bridgehead atoms. The van der Waals surface area contributed by atoms with E-state index in [-0.39, 0.29) is 5.92 Å². The van der Waals surface area contributed by atoms with E-state index in [1.807, 2.05) is 30.3 Å². The first-order valence-corrected chi connectivity index (χ1v) is 13.0. The van der Waals surface area contributed by atoms with E-state index in [1.54, 1.807) is 6.07 Å². The number of unbranched alkanes of at least 4 members (excludes halogenated alkanes) is 2. The van der Waals surface area contributed by atoms with Crippen LogP contribution in [-0.4, -0.2) is 17.7 Å². The van der Waals surface area contributed by atoms with Gasteiger partial charge in [-0.1, -0.05) is 69.4 Å². The van der Waals surface area contributed by atoms with Crippen LogP contribution in [0.5, 0.6) is 5.75 Å². The lowest BCUT2D eigenvalue weighted by atomic mass is 9.76. The summed E-state index contributed by atoms with van der Waals surface area (Å²) in [6, 6.07) is 15.9. The first-order chi connectivity index (χ1) is 17.1. The van der Waals surface area contributed by atoms with Crippen molar-refractivity contribution in [2.24, 2.45) is 5.92 Å². The Bertz CT molecular complexity index is 1050. The number of carbonyl (C=O) groups is 1. The number of ether oxygens (including phenoxy) is 1. The molecule has 0 heterocycles. The quantitative estimate of drug-likeness (QED) is 0.320. The fraction of sp³-hybridized carbons (Fsp3) is 0.500. The molecule has 1 N–H and O–H groups in total. The predicted molar refractivity (Wildman–Crippen MR) is 137 cm³/mol. The largest absolute Gasteiger partial charge is 0.493 e. The van der Waals surface area contributed by atoms with Gasteiger partial charge in [0.05, 0.1) is 24.3 Å². The molecule has 0 saturated heterocycles. The van der Waals surface area contributed by atoms with Crippen LogP contribution in [0.2, 0.25) is 0 Å². The number of carboxylic acid groups (broad SMARTS) is 1. The maximum atomic E-state index is 12.5. The second-order valence-corrected chi connectivity index (χ2v) is 9.45. The molecule has 0 aromatic heterocycles. The van der Waals surface area contributed by atoms with Crippen LogP contribution in [-0.2, 0) is 6.42 Å². The molecule has 184 valence electrons. The number of rotatable bonds is 12. The molecule has 2 aromatic carbocycles. The molecule has 5 nitrogen and oxygen atoms in total. The predicted octanol–water partition coefficient (Wildman–Crippen LogP) is 7.65. The summed E-state index contributed by atoms with van der Waals surface area (Å²) in [6.07, 6.45) is 10.5. The number of hydrogen-bond donors (Lipinski definition) is 1. The highest BCUT2D eigenvalue weighted by atomic mass is 16.5. The summed E-state index contributed by atoms with van der Waals surface area (Å²) in [4.78, 5) is 12.5. The van der Waals surface area contributed by atoms with Gasteiger partial charge < -0.3 is 9.84 Å². The third-order valence-corrected chi connectivity index (χ3v) is 6.98.